The average molecular weight is 419 g/mol. The molecule has 3 aromatic rings. The van der Waals surface area contributed by atoms with Crippen LogP contribution in [-0.4, -0.2) is 15.9 Å². The summed E-state index contributed by atoms with van der Waals surface area (Å²) in [5, 5.41) is 11.6. The summed E-state index contributed by atoms with van der Waals surface area (Å²) < 4.78 is 10.8. The van der Waals surface area contributed by atoms with E-state index >= 15 is 0 Å². The summed E-state index contributed by atoms with van der Waals surface area (Å²) in [6.07, 6.45) is 1.40. The molecule has 2 aromatic carbocycles. The van der Waals surface area contributed by atoms with Crippen LogP contribution in [0.2, 0.25) is 10.0 Å². The Balaban J connectivity index is 1.71. The number of rotatable bonds is 5. The van der Waals surface area contributed by atoms with Crippen LogP contribution in [0, 0.1) is 17.0 Å². The Bertz CT molecular complexity index is 1050. The van der Waals surface area contributed by atoms with Crippen LogP contribution in [0.5, 0.6) is 17.4 Å². The van der Waals surface area contributed by atoms with Gasteiger partial charge in [-0.1, -0.05) is 29.3 Å². The molecule has 142 valence electrons. The monoisotopic (exact) mass is 418 g/mol. The molecule has 0 spiro atoms. The van der Waals surface area contributed by atoms with E-state index in [1.54, 1.807) is 19.1 Å². The second kappa shape index (κ2) is 8.24. The molecule has 0 radical (unpaired) electrons. The zero-order chi connectivity index (χ0) is 20.3. The molecule has 0 bridgehead atoms. The van der Waals surface area contributed by atoms with Gasteiger partial charge >= 0.3 is 5.97 Å². The fraction of sp³-hybridized carbons (Fsp3) is 0.0526. The molecule has 0 aliphatic carbocycles. The first kappa shape index (κ1) is 19.6. The number of pyridine rings is 1. The molecule has 0 fully saturated rings. The van der Waals surface area contributed by atoms with Crippen molar-refractivity contribution >= 4 is 34.9 Å². The number of ether oxygens (including phenoxy) is 2. The normalized spacial score (nSPS) is 10.4. The van der Waals surface area contributed by atoms with E-state index in [-0.39, 0.29) is 27.9 Å². The van der Waals surface area contributed by atoms with E-state index in [2.05, 4.69) is 4.98 Å². The zero-order valence-electron chi connectivity index (χ0n) is 14.4. The van der Waals surface area contributed by atoms with Gasteiger partial charge in [-0.3, -0.25) is 10.1 Å². The van der Waals surface area contributed by atoms with Gasteiger partial charge in [0.25, 0.3) is 5.69 Å². The van der Waals surface area contributed by atoms with Gasteiger partial charge in [0.05, 0.1) is 15.5 Å². The Labute approximate surface area is 169 Å². The Kier molecular flexibility index (Phi) is 5.77. The molecule has 1 aromatic heterocycles. The summed E-state index contributed by atoms with van der Waals surface area (Å²) in [7, 11) is 0. The third-order valence-electron chi connectivity index (χ3n) is 3.66. The number of carbonyl (C=O) groups excluding carboxylic acids is 1. The summed E-state index contributed by atoms with van der Waals surface area (Å²) in [6, 6.07) is 11.8. The number of carbonyl (C=O) groups is 1. The highest BCUT2D eigenvalue weighted by Crippen LogP contribution is 2.30. The topological polar surface area (TPSA) is 91.6 Å². The fourth-order valence-corrected chi connectivity index (χ4v) is 2.68. The molecule has 0 aliphatic rings. The number of nitro benzene ring substituents is 1. The number of aromatic nitrogens is 1. The smallest absolute Gasteiger partial charge is 0.343 e. The zero-order valence-corrected chi connectivity index (χ0v) is 15.9. The number of halogens is 2. The molecule has 7 nitrogen and oxygen atoms in total. The van der Waals surface area contributed by atoms with Crippen molar-refractivity contribution in [1.29, 1.82) is 0 Å². The van der Waals surface area contributed by atoms with Crippen molar-refractivity contribution in [2.24, 2.45) is 0 Å². The quantitative estimate of drug-likeness (QED) is 0.231. The van der Waals surface area contributed by atoms with Gasteiger partial charge in [0.15, 0.2) is 0 Å². The molecule has 0 unspecified atom stereocenters. The summed E-state index contributed by atoms with van der Waals surface area (Å²) in [5.41, 5.74) is 0.387. The van der Waals surface area contributed by atoms with Gasteiger partial charge in [0.1, 0.15) is 16.5 Å². The number of benzene rings is 2. The van der Waals surface area contributed by atoms with E-state index in [0.29, 0.717) is 16.3 Å². The minimum Gasteiger partial charge on any atom is -0.438 e. The lowest BCUT2D eigenvalue weighted by Crippen LogP contribution is -2.09. The molecule has 0 saturated heterocycles. The molecule has 0 aliphatic heterocycles. The molecule has 0 saturated carbocycles. The predicted octanol–water partition coefficient (Wildman–Crippen LogP) is 5.62. The van der Waals surface area contributed by atoms with Crippen LogP contribution < -0.4 is 9.47 Å². The molecule has 1 heterocycles. The van der Waals surface area contributed by atoms with Crippen LogP contribution in [0.3, 0.4) is 0 Å². The lowest BCUT2D eigenvalue weighted by molar-refractivity contribution is -0.385. The summed E-state index contributed by atoms with van der Waals surface area (Å²) in [6.45, 7) is 1.59. The molecule has 0 amide bonds. The number of nitro groups is 1. The van der Waals surface area contributed by atoms with Crippen LogP contribution in [-0.2, 0) is 0 Å². The van der Waals surface area contributed by atoms with E-state index < -0.39 is 10.9 Å². The summed E-state index contributed by atoms with van der Waals surface area (Å²) in [5.74, 6) is 0.139. The number of esters is 1. The molecule has 28 heavy (non-hydrogen) atoms. The third kappa shape index (κ3) is 4.57. The Morgan fingerprint density at radius 1 is 1.07 bits per heavy atom. The molecular weight excluding hydrogens is 407 g/mol. The van der Waals surface area contributed by atoms with Crippen LogP contribution in [0.1, 0.15) is 15.9 Å². The molecular formula is C19H12Cl2N2O5. The fourth-order valence-electron chi connectivity index (χ4n) is 2.26. The molecule has 3 rings (SSSR count). The minimum atomic E-state index is -0.709. The average Bonchev–Trinajstić information content (AvgIpc) is 2.65. The van der Waals surface area contributed by atoms with Gasteiger partial charge in [-0.2, -0.15) is 0 Å². The van der Waals surface area contributed by atoms with Gasteiger partial charge in [0.2, 0.25) is 5.88 Å². The molecule has 0 atom stereocenters. The van der Waals surface area contributed by atoms with Crippen molar-refractivity contribution < 1.29 is 19.2 Å². The summed E-state index contributed by atoms with van der Waals surface area (Å²) >= 11 is 11.8. The second-order valence-electron chi connectivity index (χ2n) is 5.66. The maximum atomic E-state index is 12.2. The van der Waals surface area contributed by atoms with E-state index in [9.17, 15) is 14.9 Å². The highest BCUT2D eigenvalue weighted by Gasteiger charge is 2.16. The van der Waals surface area contributed by atoms with Crippen molar-refractivity contribution in [2.75, 3.05) is 0 Å². The standard InChI is InChI=1S/C19H12Cl2N2O5/c1-11-2-3-12(8-17(11)23(25)26)19(24)28-15-6-4-14(5-7-15)27-18-16(21)9-13(20)10-22-18/h2-10H,1H3. The molecule has 0 N–H and O–H groups in total. The van der Waals surface area contributed by atoms with Crippen molar-refractivity contribution in [2.45, 2.75) is 6.92 Å². The van der Waals surface area contributed by atoms with E-state index in [1.165, 1.54) is 42.6 Å². The third-order valence-corrected chi connectivity index (χ3v) is 4.14. The Morgan fingerprint density at radius 2 is 1.75 bits per heavy atom. The first-order chi connectivity index (χ1) is 13.3. The first-order valence-electron chi connectivity index (χ1n) is 7.89. The van der Waals surface area contributed by atoms with Gasteiger partial charge in [0, 0.05) is 17.8 Å². The number of aryl methyl sites for hydroxylation is 1. The van der Waals surface area contributed by atoms with Crippen LogP contribution in [0.4, 0.5) is 5.69 Å². The number of hydrogen-bond donors (Lipinski definition) is 0. The van der Waals surface area contributed by atoms with Gasteiger partial charge in [-0.25, -0.2) is 9.78 Å². The van der Waals surface area contributed by atoms with E-state index in [4.69, 9.17) is 32.7 Å². The summed E-state index contributed by atoms with van der Waals surface area (Å²) in [4.78, 5) is 26.7. The Hall–Kier alpha value is -3.16. The number of nitrogens with zero attached hydrogens (tertiary/aromatic N) is 2. The van der Waals surface area contributed by atoms with Crippen molar-refractivity contribution in [3.05, 3.63) is 86.0 Å². The largest absolute Gasteiger partial charge is 0.438 e. The van der Waals surface area contributed by atoms with Crippen LogP contribution >= 0.6 is 23.2 Å². The van der Waals surface area contributed by atoms with Crippen molar-refractivity contribution in [1.82, 2.24) is 4.98 Å². The van der Waals surface area contributed by atoms with Crippen LogP contribution in [0.15, 0.2) is 54.7 Å². The maximum absolute atomic E-state index is 12.2. The van der Waals surface area contributed by atoms with Gasteiger partial charge in [-0.15, -0.1) is 0 Å². The van der Waals surface area contributed by atoms with Crippen LogP contribution in [0.25, 0.3) is 0 Å². The second-order valence-corrected chi connectivity index (χ2v) is 6.51. The Morgan fingerprint density at radius 3 is 2.39 bits per heavy atom. The van der Waals surface area contributed by atoms with Crippen molar-refractivity contribution in [3.8, 4) is 17.4 Å². The lowest BCUT2D eigenvalue weighted by Gasteiger charge is -2.08. The van der Waals surface area contributed by atoms with Crippen molar-refractivity contribution in [3.63, 3.8) is 0 Å². The van der Waals surface area contributed by atoms with E-state index in [0.717, 1.165) is 0 Å². The highest BCUT2D eigenvalue weighted by molar-refractivity contribution is 6.35. The highest BCUT2D eigenvalue weighted by atomic mass is 35.5. The predicted molar refractivity (Wildman–Crippen MR) is 104 cm³/mol. The maximum Gasteiger partial charge on any atom is 0.343 e. The minimum absolute atomic E-state index is 0.0785. The van der Waals surface area contributed by atoms with Gasteiger partial charge in [-0.05, 0) is 43.3 Å². The number of hydrogen-bond acceptors (Lipinski definition) is 6. The lowest BCUT2D eigenvalue weighted by atomic mass is 10.1. The SMILES string of the molecule is Cc1ccc(C(=O)Oc2ccc(Oc3ncc(Cl)cc3Cl)cc2)cc1[N+](=O)[O-]. The molecule has 9 heteroatoms. The van der Waals surface area contributed by atoms with Gasteiger partial charge < -0.3 is 9.47 Å². The van der Waals surface area contributed by atoms with E-state index in [1.807, 2.05) is 0 Å². The first-order valence-corrected chi connectivity index (χ1v) is 8.65.